The van der Waals surface area contributed by atoms with Gasteiger partial charge in [0.1, 0.15) is 5.01 Å². The molecule has 142 valence electrons. The van der Waals surface area contributed by atoms with E-state index in [1.807, 2.05) is 56.3 Å². The molecule has 1 atom stereocenters. The van der Waals surface area contributed by atoms with Gasteiger partial charge in [0.2, 0.25) is 11.0 Å². The molecule has 2 amide bonds. The van der Waals surface area contributed by atoms with Crippen molar-refractivity contribution in [3.05, 3.63) is 70.2 Å². The standard InChI is InChI=1S/C21H20N4O2S/c1-13-5-3-7-15(9-13)19(27)22-21-24-23-20(28-21)16-11-18(26)25(12-16)17-8-4-6-14(2)10-17/h3-10,16H,11-12H2,1-2H3,(H,22,24,27). The number of hydrogen-bond acceptors (Lipinski definition) is 5. The molecule has 0 spiro atoms. The summed E-state index contributed by atoms with van der Waals surface area (Å²) < 4.78 is 0. The molecule has 0 bridgehead atoms. The van der Waals surface area contributed by atoms with Gasteiger partial charge in [-0.25, -0.2) is 0 Å². The Hall–Kier alpha value is -3.06. The fourth-order valence-corrected chi connectivity index (χ4v) is 4.15. The van der Waals surface area contributed by atoms with Gasteiger partial charge in [0, 0.05) is 30.1 Å². The first-order valence-electron chi connectivity index (χ1n) is 9.08. The second-order valence-electron chi connectivity index (χ2n) is 7.01. The molecule has 1 saturated heterocycles. The van der Waals surface area contributed by atoms with Gasteiger partial charge >= 0.3 is 0 Å². The van der Waals surface area contributed by atoms with E-state index in [1.54, 1.807) is 11.0 Å². The highest BCUT2D eigenvalue weighted by atomic mass is 32.1. The Kier molecular flexibility index (Phi) is 4.92. The van der Waals surface area contributed by atoms with Gasteiger partial charge in [-0.05, 0) is 43.7 Å². The lowest BCUT2D eigenvalue weighted by Crippen LogP contribution is -2.24. The van der Waals surface area contributed by atoms with Crippen molar-refractivity contribution < 1.29 is 9.59 Å². The topological polar surface area (TPSA) is 75.2 Å². The molecular formula is C21H20N4O2S. The van der Waals surface area contributed by atoms with Crippen LogP contribution in [0.5, 0.6) is 0 Å². The van der Waals surface area contributed by atoms with Crippen LogP contribution in [0.1, 0.15) is 38.8 Å². The molecule has 4 rings (SSSR count). The largest absolute Gasteiger partial charge is 0.312 e. The highest BCUT2D eigenvalue weighted by Gasteiger charge is 2.34. The maximum atomic E-state index is 12.5. The highest BCUT2D eigenvalue weighted by Crippen LogP contribution is 2.34. The van der Waals surface area contributed by atoms with Crippen LogP contribution in [0.3, 0.4) is 0 Å². The van der Waals surface area contributed by atoms with Crippen molar-refractivity contribution in [2.75, 3.05) is 16.8 Å². The summed E-state index contributed by atoms with van der Waals surface area (Å²) in [4.78, 5) is 26.7. The maximum Gasteiger partial charge on any atom is 0.257 e. The molecule has 1 N–H and O–H groups in total. The van der Waals surface area contributed by atoms with E-state index in [4.69, 9.17) is 0 Å². The van der Waals surface area contributed by atoms with Crippen molar-refractivity contribution in [2.45, 2.75) is 26.2 Å². The van der Waals surface area contributed by atoms with Gasteiger partial charge in [0.25, 0.3) is 5.91 Å². The zero-order valence-corrected chi connectivity index (χ0v) is 16.5. The molecule has 2 aromatic carbocycles. The Morgan fingerprint density at radius 3 is 2.61 bits per heavy atom. The van der Waals surface area contributed by atoms with Gasteiger partial charge in [-0.2, -0.15) is 0 Å². The number of nitrogens with zero attached hydrogens (tertiary/aromatic N) is 3. The Morgan fingerprint density at radius 1 is 1.11 bits per heavy atom. The number of carbonyl (C=O) groups is 2. The van der Waals surface area contributed by atoms with E-state index < -0.39 is 0 Å². The minimum atomic E-state index is -0.213. The maximum absolute atomic E-state index is 12.5. The third-order valence-corrected chi connectivity index (χ3v) is 5.73. The first-order chi connectivity index (χ1) is 13.5. The zero-order chi connectivity index (χ0) is 19.7. The molecule has 0 saturated carbocycles. The summed E-state index contributed by atoms with van der Waals surface area (Å²) in [7, 11) is 0. The van der Waals surface area contributed by atoms with Crippen molar-refractivity contribution in [1.82, 2.24) is 10.2 Å². The fraction of sp³-hybridized carbons (Fsp3) is 0.238. The summed E-state index contributed by atoms with van der Waals surface area (Å²) in [5.41, 5.74) is 3.63. The lowest BCUT2D eigenvalue weighted by molar-refractivity contribution is -0.117. The minimum Gasteiger partial charge on any atom is -0.312 e. The molecule has 1 unspecified atom stereocenters. The fourth-order valence-electron chi connectivity index (χ4n) is 3.32. The van der Waals surface area contributed by atoms with E-state index in [0.29, 0.717) is 23.7 Å². The van der Waals surface area contributed by atoms with Crippen LogP contribution < -0.4 is 10.2 Å². The van der Waals surface area contributed by atoms with Crippen molar-refractivity contribution in [1.29, 1.82) is 0 Å². The zero-order valence-electron chi connectivity index (χ0n) is 15.7. The molecule has 2 heterocycles. The first kappa shape index (κ1) is 18.3. The molecule has 1 aliphatic heterocycles. The first-order valence-corrected chi connectivity index (χ1v) is 9.90. The SMILES string of the molecule is Cc1cccc(C(=O)Nc2nnc(C3CC(=O)N(c4cccc(C)c4)C3)s2)c1. The molecular weight excluding hydrogens is 372 g/mol. The Labute approximate surface area is 167 Å². The summed E-state index contributed by atoms with van der Waals surface area (Å²) in [5, 5.41) is 12.3. The molecule has 1 aromatic heterocycles. The van der Waals surface area contributed by atoms with Crippen molar-refractivity contribution in [2.24, 2.45) is 0 Å². The van der Waals surface area contributed by atoms with Crippen molar-refractivity contribution in [3.63, 3.8) is 0 Å². The summed E-state index contributed by atoms with van der Waals surface area (Å²) in [6, 6.07) is 15.3. The van der Waals surface area contributed by atoms with Crippen molar-refractivity contribution in [3.8, 4) is 0 Å². The average Bonchev–Trinajstić information content (AvgIpc) is 3.28. The summed E-state index contributed by atoms with van der Waals surface area (Å²) >= 11 is 1.33. The van der Waals surface area contributed by atoms with E-state index in [-0.39, 0.29) is 17.7 Å². The highest BCUT2D eigenvalue weighted by molar-refractivity contribution is 7.15. The van der Waals surface area contributed by atoms with Gasteiger partial charge in [0.05, 0.1) is 0 Å². The van der Waals surface area contributed by atoms with Gasteiger partial charge in [-0.15, -0.1) is 10.2 Å². The van der Waals surface area contributed by atoms with Crippen LogP contribution >= 0.6 is 11.3 Å². The number of aryl methyl sites for hydroxylation is 2. The number of anilines is 2. The lowest BCUT2D eigenvalue weighted by Gasteiger charge is -2.16. The predicted molar refractivity (Wildman–Crippen MR) is 110 cm³/mol. The minimum absolute atomic E-state index is 0.0184. The number of amides is 2. The van der Waals surface area contributed by atoms with E-state index >= 15 is 0 Å². The number of aromatic nitrogens is 2. The van der Waals surface area contributed by atoms with Crippen LogP contribution in [-0.4, -0.2) is 28.6 Å². The molecule has 28 heavy (non-hydrogen) atoms. The Morgan fingerprint density at radius 2 is 1.86 bits per heavy atom. The van der Waals surface area contributed by atoms with Gasteiger partial charge < -0.3 is 4.90 Å². The normalized spacial score (nSPS) is 16.4. The Bertz CT molecular complexity index is 1050. The monoisotopic (exact) mass is 392 g/mol. The van der Waals surface area contributed by atoms with E-state index in [2.05, 4.69) is 15.5 Å². The van der Waals surface area contributed by atoms with E-state index in [9.17, 15) is 9.59 Å². The third-order valence-electron chi connectivity index (χ3n) is 4.73. The van der Waals surface area contributed by atoms with Crippen LogP contribution in [0.15, 0.2) is 48.5 Å². The van der Waals surface area contributed by atoms with Gasteiger partial charge in [0.15, 0.2) is 0 Å². The molecule has 1 fully saturated rings. The third kappa shape index (κ3) is 3.80. The summed E-state index contributed by atoms with van der Waals surface area (Å²) in [6.45, 7) is 4.52. The lowest BCUT2D eigenvalue weighted by atomic mass is 10.1. The molecule has 7 heteroatoms. The number of carbonyl (C=O) groups excluding carboxylic acids is 2. The number of nitrogens with one attached hydrogen (secondary N) is 1. The van der Waals surface area contributed by atoms with Gasteiger partial charge in [-0.3, -0.25) is 14.9 Å². The van der Waals surface area contributed by atoms with Gasteiger partial charge in [-0.1, -0.05) is 41.2 Å². The molecule has 0 radical (unpaired) electrons. The smallest absolute Gasteiger partial charge is 0.257 e. The second-order valence-corrected chi connectivity index (χ2v) is 8.02. The van der Waals surface area contributed by atoms with Crippen LogP contribution in [-0.2, 0) is 4.79 Å². The average molecular weight is 392 g/mol. The molecule has 3 aromatic rings. The second kappa shape index (κ2) is 7.52. The van der Waals surface area contributed by atoms with E-state index in [0.717, 1.165) is 21.8 Å². The van der Waals surface area contributed by atoms with Crippen molar-refractivity contribution >= 4 is 34.0 Å². The number of hydrogen-bond donors (Lipinski definition) is 1. The molecule has 0 aliphatic carbocycles. The van der Waals surface area contributed by atoms with E-state index in [1.165, 1.54) is 11.3 Å². The van der Waals surface area contributed by atoms with Crippen LogP contribution in [0, 0.1) is 13.8 Å². The summed E-state index contributed by atoms with van der Waals surface area (Å²) in [6.07, 6.45) is 0.397. The van der Waals surface area contributed by atoms with Crippen LogP contribution in [0.4, 0.5) is 10.8 Å². The number of rotatable bonds is 4. The number of benzene rings is 2. The molecule has 6 nitrogen and oxygen atoms in total. The Balaban J connectivity index is 1.46. The van der Waals surface area contributed by atoms with Crippen LogP contribution in [0.25, 0.3) is 0 Å². The predicted octanol–water partition coefficient (Wildman–Crippen LogP) is 3.93. The summed E-state index contributed by atoms with van der Waals surface area (Å²) in [5.74, 6) is -0.151. The quantitative estimate of drug-likeness (QED) is 0.730. The van der Waals surface area contributed by atoms with Crippen LogP contribution in [0.2, 0.25) is 0 Å². The molecule has 1 aliphatic rings.